The minimum absolute atomic E-state index is 0.0217. The number of piperidine rings is 3. The minimum atomic E-state index is -3.08. The van der Waals surface area contributed by atoms with Crippen LogP contribution in [0.2, 0.25) is 10.0 Å². The van der Waals surface area contributed by atoms with Crippen molar-refractivity contribution in [2.75, 3.05) is 32.8 Å². The van der Waals surface area contributed by atoms with E-state index in [2.05, 4.69) is 9.88 Å². The van der Waals surface area contributed by atoms with Gasteiger partial charge in [0, 0.05) is 43.4 Å². The monoisotopic (exact) mass is 967 g/mol. The van der Waals surface area contributed by atoms with E-state index in [1.807, 2.05) is 60.7 Å². The van der Waals surface area contributed by atoms with Crippen LogP contribution < -0.4 is 14.2 Å². The summed E-state index contributed by atoms with van der Waals surface area (Å²) in [5.74, 6) is -0.152. The van der Waals surface area contributed by atoms with E-state index >= 15 is 0 Å². The zero-order valence-corrected chi connectivity index (χ0v) is 39.0. The number of carbonyl (C=O) groups is 3. The van der Waals surface area contributed by atoms with E-state index < -0.39 is 24.7 Å². The molecule has 4 atom stereocenters. The summed E-state index contributed by atoms with van der Waals surface area (Å²) in [6, 6.07) is 28.3. The molecule has 4 aromatic carbocycles. The molecule has 2 bridgehead atoms. The quantitative estimate of drug-likeness (QED) is 0.0741. The van der Waals surface area contributed by atoms with Crippen LogP contribution in [0.25, 0.3) is 0 Å². The maximum atomic E-state index is 14.2. The Morgan fingerprint density at radius 1 is 0.765 bits per heavy atom. The van der Waals surface area contributed by atoms with Crippen molar-refractivity contribution in [3.63, 3.8) is 0 Å². The fraction of sp³-hybridized carbons (Fsp3) is 0.396. The van der Waals surface area contributed by atoms with Gasteiger partial charge >= 0.3 is 18.6 Å². The third kappa shape index (κ3) is 11.7. The van der Waals surface area contributed by atoms with Gasteiger partial charge in [-0.25, -0.2) is 4.79 Å². The number of alkyl halides is 2. The molecule has 356 valence electrons. The first-order valence-corrected chi connectivity index (χ1v) is 24.1. The Hall–Kier alpha value is -5.76. The summed E-state index contributed by atoms with van der Waals surface area (Å²) >= 11 is 13.1. The van der Waals surface area contributed by atoms with Crippen LogP contribution in [0.4, 0.5) is 8.78 Å². The number of aromatic nitrogens is 1. The van der Waals surface area contributed by atoms with E-state index in [0.717, 1.165) is 62.0 Å². The van der Waals surface area contributed by atoms with Crippen LogP contribution in [0, 0.1) is 11.8 Å². The van der Waals surface area contributed by atoms with Crippen molar-refractivity contribution < 1.29 is 46.8 Å². The predicted molar refractivity (Wildman–Crippen MR) is 251 cm³/mol. The molecule has 0 unspecified atom stereocenters. The molecule has 4 saturated heterocycles. The van der Waals surface area contributed by atoms with Gasteiger partial charge in [0.25, 0.3) is 5.91 Å². The van der Waals surface area contributed by atoms with Gasteiger partial charge < -0.3 is 28.6 Å². The van der Waals surface area contributed by atoms with Crippen LogP contribution in [-0.2, 0) is 32.1 Å². The number of carbonyl (C=O) groups excluding carboxylic acids is 3. The first-order chi connectivity index (χ1) is 33.0. The Balaban J connectivity index is 0.878. The molecule has 5 fully saturated rings. The lowest BCUT2D eigenvalue weighted by molar-refractivity contribution is -0.159. The number of hydrogen-bond donors (Lipinski definition) is 0. The second-order valence-electron chi connectivity index (χ2n) is 18.1. The molecular weight excluding hydrogens is 915 g/mol. The fourth-order valence-electron chi connectivity index (χ4n) is 9.53. The molecule has 68 heavy (non-hydrogen) atoms. The van der Waals surface area contributed by atoms with Crippen LogP contribution >= 0.6 is 23.2 Å². The van der Waals surface area contributed by atoms with Crippen molar-refractivity contribution in [3.8, 4) is 17.2 Å². The molecule has 5 heterocycles. The van der Waals surface area contributed by atoms with Crippen molar-refractivity contribution in [2.45, 2.75) is 88.8 Å². The first kappa shape index (κ1) is 47.3. The molecule has 1 aliphatic carbocycles. The maximum absolute atomic E-state index is 14.2. The average Bonchev–Trinajstić information content (AvgIpc) is 4.05. The lowest BCUT2D eigenvalue weighted by atomic mass is 9.85. The average molecular weight is 969 g/mol. The molecule has 1 saturated carbocycles. The fourth-order valence-corrected chi connectivity index (χ4v) is 10.1. The van der Waals surface area contributed by atoms with E-state index in [1.54, 1.807) is 18.2 Å². The molecule has 0 N–H and O–H groups in total. The Bertz CT molecular complexity index is 2560. The standard InChI is InChI=1S/C53H53Cl2F2N3O8/c54-43-28-58-29-44(55)42(43)26-47(38-16-17-46(68-53(56)57)48(25-38)65-31-33-14-15-33)67-52(63)45-13-6-20-60(45)51(62)39-11-4-7-34(23-39)32-64-40-12-5-10-37(24-40)41(35-8-2-1-3-9-35)27-50(61)66-49-30-59-21-18-36(49)19-22-59/h1-5,7-12,16-17,23-25,28-29,33,36,41,45,47,49,53H,6,13-15,18-22,26-27,30-32H2/t41-,45-,47-,49-/m0/s1. The maximum Gasteiger partial charge on any atom is 0.387 e. The molecule has 0 spiro atoms. The van der Waals surface area contributed by atoms with Gasteiger partial charge in [-0.1, -0.05) is 83.9 Å². The highest BCUT2D eigenvalue weighted by Gasteiger charge is 2.39. The van der Waals surface area contributed by atoms with Crippen molar-refractivity contribution in [1.29, 1.82) is 0 Å². The van der Waals surface area contributed by atoms with Gasteiger partial charge in [0.1, 0.15) is 30.6 Å². The molecule has 1 aromatic heterocycles. The zero-order chi connectivity index (χ0) is 47.1. The number of rotatable bonds is 19. The lowest BCUT2D eigenvalue weighted by Gasteiger charge is -2.44. The van der Waals surface area contributed by atoms with E-state index in [4.69, 9.17) is 46.9 Å². The number of benzene rings is 4. The number of nitrogens with zero attached hydrogens (tertiary/aromatic N) is 3. The second kappa shape index (κ2) is 21.7. The molecule has 4 aliphatic heterocycles. The number of esters is 2. The topological polar surface area (TPSA) is 117 Å². The highest BCUT2D eigenvalue weighted by atomic mass is 35.5. The summed E-state index contributed by atoms with van der Waals surface area (Å²) in [4.78, 5) is 49.9. The SMILES string of the molecule is O=C(C[C@@H](c1ccccc1)c1cccc(OCc2cccc(C(=O)N3CCC[C@H]3C(=O)O[C@@H](Cc3c(Cl)cncc3Cl)c3ccc(OC(F)F)c(OCC4CC4)c3)c2)c1)O[C@H]1CN2CCC1CC2. The van der Waals surface area contributed by atoms with Crippen LogP contribution in [0.15, 0.2) is 109 Å². The molecule has 15 heteroatoms. The van der Waals surface area contributed by atoms with Gasteiger partial charge in [0.15, 0.2) is 11.5 Å². The Morgan fingerprint density at radius 2 is 1.53 bits per heavy atom. The van der Waals surface area contributed by atoms with Crippen molar-refractivity contribution in [1.82, 2.24) is 14.8 Å². The van der Waals surface area contributed by atoms with E-state index in [0.29, 0.717) is 60.3 Å². The molecule has 11 nitrogen and oxygen atoms in total. The van der Waals surface area contributed by atoms with Gasteiger partial charge in [-0.15, -0.1) is 0 Å². The number of likely N-dealkylation sites (tertiary alicyclic amines) is 1. The number of ether oxygens (including phenoxy) is 5. The third-order valence-corrected chi connectivity index (χ3v) is 14.1. The number of hydrogen-bond acceptors (Lipinski definition) is 10. The van der Waals surface area contributed by atoms with E-state index in [9.17, 15) is 23.2 Å². The summed E-state index contributed by atoms with van der Waals surface area (Å²) < 4.78 is 56.2. The van der Waals surface area contributed by atoms with Crippen LogP contribution in [0.5, 0.6) is 17.2 Å². The predicted octanol–water partition coefficient (Wildman–Crippen LogP) is 10.6. The van der Waals surface area contributed by atoms with Crippen molar-refractivity contribution >= 4 is 41.0 Å². The zero-order valence-electron chi connectivity index (χ0n) is 37.5. The third-order valence-electron chi connectivity index (χ3n) is 13.4. The molecular formula is C53H53Cl2F2N3O8. The largest absolute Gasteiger partial charge is 0.489 e. The smallest absolute Gasteiger partial charge is 0.387 e. The van der Waals surface area contributed by atoms with Crippen LogP contribution in [0.1, 0.15) is 95.1 Å². The van der Waals surface area contributed by atoms with Gasteiger partial charge in [0.05, 0.1) is 23.1 Å². The summed E-state index contributed by atoms with van der Waals surface area (Å²) in [7, 11) is 0. The molecule has 5 aromatic rings. The van der Waals surface area contributed by atoms with Crippen LogP contribution in [0.3, 0.4) is 0 Å². The van der Waals surface area contributed by atoms with Gasteiger partial charge in [-0.05, 0) is 128 Å². The summed E-state index contributed by atoms with van der Waals surface area (Å²) in [5, 5.41) is 0.507. The Morgan fingerprint density at radius 3 is 2.26 bits per heavy atom. The number of amides is 1. The molecule has 0 radical (unpaired) electrons. The highest BCUT2D eigenvalue weighted by Crippen LogP contribution is 2.39. The van der Waals surface area contributed by atoms with Crippen molar-refractivity contribution in [3.05, 3.63) is 153 Å². The van der Waals surface area contributed by atoms with Gasteiger partial charge in [-0.2, -0.15) is 8.78 Å². The van der Waals surface area contributed by atoms with Crippen LogP contribution in [-0.4, -0.2) is 84.2 Å². The lowest BCUT2D eigenvalue weighted by Crippen LogP contribution is -2.52. The number of pyridine rings is 1. The van der Waals surface area contributed by atoms with Crippen molar-refractivity contribution in [2.24, 2.45) is 11.8 Å². The molecule has 10 rings (SSSR count). The summed E-state index contributed by atoms with van der Waals surface area (Å²) in [6.45, 7) is 0.666. The summed E-state index contributed by atoms with van der Waals surface area (Å²) in [5.41, 5.74) is 3.94. The Labute approximate surface area is 404 Å². The highest BCUT2D eigenvalue weighted by molar-refractivity contribution is 6.35. The molecule has 5 aliphatic rings. The van der Waals surface area contributed by atoms with E-state index in [-0.39, 0.29) is 64.9 Å². The summed E-state index contributed by atoms with van der Waals surface area (Å²) in [6.07, 6.45) is 7.02. The van der Waals surface area contributed by atoms with E-state index in [1.165, 1.54) is 35.5 Å². The minimum Gasteiger partial charge on any atom is -0.489 e. The first-order valence-electron chi connectivity index (χ1n) is 23.3. The normalized spacial score (nSPS) is 20.7. The number of fused-ring (bicyclic) bond motifs is 3. The Kier molecular flexibility index (Phi) is 15.1. The van der Waals surface area contributed by atoms with Gasteiger partial charge in [0.2, 0.25) is 0 Å². The molecule has 1 amide bonds. The van der Waals surface area contributed by atoms with Gasteiger partial charge in [-0.3, -0.25) is 19.5 Å². The number of halogens is 4. The second-order valence-corrected chi connectivity index (χ2v) is 18.9.